The van der Waals surface area contributed by atoms with E-state index in [2.05, 4.69) is 20.2 Å². The van der Waals surface area contributed by atoms with Gasteiger partial charge in [0.15, 0.2) is 0 Å². The highest BCUT2D eigenvalue weighted by atomic mass is 32.2. The Bertz CT molecular complexity index is 911. The van der Waals surface area contributed by atoms with E-state index in [1.807, 2.05) is 0 Å². The van der Waals surface area contributed by atoms with Gasteiger partial charge in [-0.1, -0.05) is 25.2 Å². The van der Waals surface area contributed by atoms with Gasteiger partial charge in [0.25, 0.3) is 10.0 Å². The van der Waals surface area contributed by atoms with Gasteiger partial charge in [0.05, 0.1) is 14.2 Å². The van der Waals surface area contributed by atoms with Gasteiger partial charge in [-0.3, -0.25) is 4.79 Å². The number of aromatic nitrogens is 2. The molecule has 2 aromatic rings. The number of hydrogen-bond donors (Lipinski definition) is 2. The Morgan fingerprint density at radius 1 is 1.15 bits per heavy atom. The minimum Gasteiger partial charge on any atom is -0.497 e. The first kappa shape index (κ1) is 21.1. The van der Waals surface area contributed by atoms with E-state index in [0.29, 0.717) is 17.1 Å². The van der Waals surface area contributed by atoms with Crippen molar-refractivity contribution in [3.8, 4) is 11.5 Å². The van der Waals surface area contributed by atoms with Crippen LogP contribution in [0.1, 0.15) is 32.4 Å². The van der Waals surface area contributed by atoms with Gasteiger partial charge in [-0.2, -0.15) is 0 Å². The zero-order chi connectivity index (χ0) is 20.2. The van der Waals surface area contributed by atoms with Gasteiger partial charge >= 0.3 is 0 Å². The number of ether oxygens (including phenoxy) is 2. The van der Waals surface area contributed by atoms with Crippen LogP contribution in [-0.4, -0.2) is 38.7 Å². The van der Waals surface area contributed by atoms with Gasteiger partial charge in [-0.25, -0.2) is 13.1 Å². The van der Waals surface area contributed by atoms with Crippen LogP contribution in [0.25, 0.3) is 0 Å². The third-order valence-corrected chi connectivity index (χ3v) is 6.37. The molecule has 27 heavy (non-hydrogen) atoms. The third kappa shape index (κ3) is 5.15. The second-order valence-electron chi connectivity index (χ2n) is 5.97. The molecule has 1 aromatic heterocycles. The largest absolute Gasteiger partial charge is 0.497 e. The normalized spacial score (nSPS) is 12.7. The molecule has 11 heteroatoms. The quantitative estimate of drug-likeness (QED) is 0.635. The third-order valence-electron chi connectivity index (χ3n) is 3.63. The molecule has 0 spiro atoms. The topological polar surface area (TPSA) is 120 Å². The molecule has 0 saturated heterocycles. The number of nitrogens with zero attached hydrogens (tertiary/aromatic N) is 2. The molecule has 1 heterocycles. The first-order valence-electron chi connectivity index (χ1n) is 8.06. The van der Waals surface area contributed by atoms with Crippen molar-refractivity contribution in [1.29, 1.82) is 0 Å². The van der Waals surface area contributed by atoms with Crippen LogP contribution >= 0.6 is 11.3 Å². The van der Waals surface area contributed by atoms with Gasteiger partial charge in [0.2, 0.25) is 15.4 Å². The molecule has 0 unspecified atom stereocenters. The maximum absolute atomic E-state index is 12.6. The Hall–Kier alpha value is -2.24. The van der Waals surface area contributed by atoms with Gasteiger partial charge < -0.3 is 14.8 Å². The molecule has 0 aliphatic heterocycles. The van der Waals surface area contributed by atoms with Crippen molar-refractivity contribution >= 4 is 32.4 Å². The summed E-state index contributed by atoms with van der Waals surface area (Å²) in [5.74, 6) is 0.574. The molecule has 0 aliphatic carbocycles. The number of methoxy groups -OCH3 is 2. The summed E-state index contributed by atoms with van der Waals surface area (Å²) in [7, 11) is -0.917. The number of hydrogen-bond acceptors (Lipinski definition) is 8. The Morgan fingerprint density at radius 3 is 2.44 bits per heavy atom. The van der Waals surface area contributed by atoms with Crippen LogP contribution in [0.15, 0.2) is 22.5 Å². The van der Waals surface area contributed by atoms with E-state index in [9.17, 15) is 13.2 Å². The van der Waals surface area contributed by atoms with Crippen molar-refractivity contribution in [2.45, 2.75) is 31.2 Å². The predicted octanol–water partition coefficient (Wildman–Crippen LogP) is 2.19. The monoisotopic (exact) mass is 414 g/mol. The number of nitrogens with one attached hydrogen (secondary N) is 2. The molecule has 1 atom stereocenters. The van der Waals surface area contributed by atoms with Crippen molar-refractivity contribution in [2.24, 2.45) is 5.92 Å². The maximum atomic E-state index is 12.6. The highest BCUT2D eigenvalue weighted by molar-refractivity contribution is 7.91. The molecule has 0 fully saturated rings. The zero-order valence-corrected chi connectivity index (χ0v) is 17.3. The van der Waals surface area contributed by atoms with Gasteiger partial charge in [0.1, 0.15) is 11.5 Å². The van der Waals surface area contributed by atoms with Crippen molar-refractivity contribution in [3.63, 3.8) is 0 Å². The highest BCUT2D eigenvalue weighted by Crippen LogP contribution is 2.30. The van der Waals surface area contributed by atoms with E-state index in [1.54, 1.807) is 39.0 Å². The van der Waals surface area contributed by atoms with Crippen LogP contribution < -0.4 is 19.5 Å². The molecule has 2 N–H and O–H groups in total. The summed E-state index contributed by atoms with van der Waals surface area (Å²) >= 11 is 0.780. The van der Waals surface area contributed by atoms with Crippen LogP contribution in [-0.2, 0) is 14.8 Å². The minimum absolute atomic E-state index is 0.126. The average Bonchev–Trinajstić information content (AvgIpc) is 3.10. The molecule has 1 amide bonds. The molecule has 1 aromatic carbocycles. The summed E-state index contributed by atoms with van der Waals surface area (Å²) in [5, 5.41) is 10.0. The number of amides is 1. The SMILES string of the molecule is COc1ccc(OC)c([C@H](C)NS(=O)(=O)c2nnc(NC(=O)C(C)C)s2)c1. The zero-order valence-electron chi connectivity index (χ0n) is 15.6. The lowest BCUT2D eigenvalue weighted by Gasteiger charge is -2.17. The Kier molecular flexibility index (Phi) is 6.73. The standard InChI is InChI=1S/C16H22N4O5S2/c1-9(2)14(21)17-15-18-19-16(26-15)27(22,23)20-10(3)12-8-11(24-4)6-7-13(12)25-5/h6-10,20H,1-5H3,(H,17,18,21)/t10-/m0/s1. The van der Waals surface area contributed by atoms with Crippen LogP contribution in [0.4, 0.5) is 5.13 Å². The number of carbonyl (C=O) groups excluding carboxylic acids is 1. The molecule has 0 bridgehead atoms. The summed E-state index contributed by atoms with van der Waals surface area (Å²) in [5.41, 5.74) is 0.610. The second-order valence-corrected chi connectivity index (χ2v) is 8.83. The molecule has 148 valence electrons. The van der Waals surface area contributed by atoms with E-state index < -0.39 is 16.1 Å². The van der Waals surface area contributed by atoms with Crippen molar-refractivity contribution < 1.29 is 22.7 Å². The molecule has 2 rings (SSSR count). The molecule has 0 aliphatic rings. The van der Waals surface area contributed by atoms with Gasteiger partial charge in [-0.05, 0) is 25.1 Å². The van der Waals surface area contributed by atoms with E-state index in [0.717, 1.165) is 11.3 Å². The van der Waals surface area contributed by atoms with E-state index >= 15 is 0 Å². The van der Waals surface area contributed by atoms with Crippen LogP contribution in [0.3, 0.4) is 0 Å². The number of anilines is 1. The van der Waals surface area contributed by atoms with Gasteiger partial charge in [0, 0.05) is 17.5 Å². The number of benzene rings is 1. The van der Waals surface area contributed by atoms with Crippen LogP contribution in [0.2, 0.25) is 0 Å². The van der Waals surface area contributed by atoms with Crippen molar-refractivity contribution in [2.75, 3.05) is 19.5 Å². The second kappa shape index (κ2) is 8.63. The fraction of sp³-hybridized carbons (Fsp3) is 0.438. The summed E-state index contributed by atoms with van der Waals surface area (Å²) in [6.07, 6.45) is 0. The van der Waals surface area contributed by atoms with Crippen molar-refractivity contribution in [3.05, 3.63) is 23.8 Å². The molecular weight excluding hydrogens is 392 g/mol. The van der Waals surface area contributed by atoms with Gasteiger partial charge in [-0.15, -0.1) is 10.2 Å². The summed E-state index contributed by atoms with van der Waals surface area (Å²) < 4.78 is 38.0. The number of rotatable bonds is 8. The van der Waals surface area contributed by atoms with E-state index in [1.165, 1.54) is 14.2 Å². The van der Waals surface area contributed by atoms with Crippen molar-refractivity contribution in [1.82, 2.24) is 14.9 Å². The molecule has 0 radical (unpaired) electrons. The molecule has 0 saturated carbocycles. The molecule has 9 nitrogen and oxygen atoms in total. The number of sulfonamides is 1. The van der Waals surface area contributed by atoms with Crippen LogP contribution in [0.5, 0.6) is 11.5 Å². The highest BCUT2D eigenvalue weighted by Gasteiger charge is 2.25. The fourth-order valence-corrected chi connectivity index (χ4v) is 4.28. The lowest BCUT2D eigenvalue weighted by Crippen LogP contribution is -2.27. The minimum atomic E-state index is -3.94. The number of carbonyl (C=O) groups is 1. The first-order valence-corrected chi connectivity index (χ1v) is 10.4. The Balaban J connectivity index is 2.21. The maximum Gasteiger partial charge on any atom is 0.270 e. The lowest BCUT2D eigenvalue weighted by molar-refractivity contribution is -0.118. The summed E-state index contributed by atoms with van der Waals surface area (Å²) in [4.78, 5) is 11.7. The summed E-state index contributed by atoms with van der Waals surface area (Å²) in [6, 6.07) is 4.50. The fourth-order valence-electron chi connectivity index (χ4n) is 2.14. The molecular formula is C16H22N4O5S2. The average molecular weight is 415 g/mol. The smallest absolute Gasteiger partial charge is 0.270 e. The van der Waals surface area contributed by atoms with Crippen LogP contribution in [0, 0.1) is 5.92 Å². The first-order chi connectivity index (χ1) is 12.7. The van der Waals surface area contributed by atoms with E-state index in [4.69, 9.17) is 9.47 Å². The van der Waals surface area contributed by atoms with E-state index in [-0.39, 0.29) is 21.3 Å². The lowest BCUT2D eigenvalue weighted by atomic mass is 10.1. The predicted molar refractivity (Wildman–Crippen MR) is 102 cm³/mol. The summed E-state index contributed by atoms with van der Waals surface area (Å²) in [6.45, 7) is 5.12. The Morgan fingerprint density at radius 2 is 1.85 bits per heavy atom. The Labute approximate surface area is 162 Å².